The Morgan fingerprint density at radius 1 is 1.20 bits per heavy atom. The van der Waals surface area contributed by atoms with Gasteiger partial charge in [-0.05, 0) is 43.1 Å². The Balaban J connectivity index is 2.07. The standard InChI is InChI=1S/C15H20F3NO/c1-10(2)14(11-7-8-19-9-11)20-13-5-3-12(4-6-13)15(16,17)18/h3-6,10-11,14,19H,7-9H2,1-2H3. The summed E-state index contributed by atoms with van der Waals surface area (Å²) in [5, 5.41) is 3.29. The van der Waals surface area contributed by atoms with Crippen molar-refractivity contribution >= 4 is 0 Å². The van der Waals surface area contributed by atoms with E-state index in [0.717, 1.165) is 31.6 Å². The van der Waals surface area contributed by atoms with Crippen molar-refractivity contribution in [2.45, 2.75) is 32.5 Å². The second kappa shape index (κ2) is 6.04. The number of alkyl halides is 3. The molecular weight excluding hydrogens is 267 g/mol. The van der Waals surface area contributed by atoms with Gasteiger partial charge in [0.25, 0.3) is 0 Å². The van der Waals surface area contributed by atoms with Crippen LogP contribution in [0.2, 0.25) is 0 Å². The van der Waals surface area contributed by atoms with Crippen LogP contribution in [0.15, 0.2) is 24.3 Å². The van der Waals surface area contributed by atoms with Crippen molar-refractivity contribution < 1.29 is 17.9 Å². The van der Waals surface area contributed by atoms with Crippen LogP contribution in [0, 0.1) is 11.8 Å². The monoisotopic (exact) mass is 287 g/mol. The molecule has 2 nitrogen and oxygen atoms in total. The first-order chi connectivity index (χ1) is 9.38. The zero-order valence-electron chi connectivity index (χ0n) is 11.7. The van der Waals surface area contributed by atoms with Crippen molar-refractivity contribution in [1.82, 2.24) is 5.32 Å². The van der Waals surface area contributed by atoms with Crippen LogP contribution in [0.4, 0.5) is 13.2 Å². The van der Waals surface area contributed by atoms with Crippen LogP contribution in [0.25, 0.3) is 0 Å². The maximum absolute atomic E-state index is 12.5. The summed E-state index contributed by atoms with van der Waals surface area (Å²) >= 11 is 0. The average molecular weight is 287 g/mol. The maximum Gasteiger partial charge on any atom is 0.416 e. The predicted molar refractivity (Wildman–Crippen MR) is 71.7 cm³/mol. The highest BCUT2D eigenvalue weighted by molar-refractivity contribution is 5.29. The molecule has 0 aliphatic carbocycles. The minimum Gasteiger partial charge on any atom is -0.490 e. The van der Waals surface area contributed by atoms with Gasteiger partial charge in [-0.15, -0.1) is 0 Å². The van der Waals surface area contributed by atoms with E-state index in [1.54, 1.807) is 0 Å². The molecule has 1 heterocycles. The Kier molecular flexibility index (Phi) is 4.58. The Morgan fingerprint density at radius 3 is 2.30 bits per heavy atom. The molecule has 1 saturated heterocycles. The first kappa shape index (κ1) is 15.2. The Morgan fingerprint density at radius 2 is 1.85 bits per heavy atom. The molecule has 0 amide bonds. The topological polar surface area (TPSA) is 21.3 Å². The fourth-order valence-electron chi connectivity index (χ4n) is 2.61. The van der Waals surface area contributed by atoms with Crippen LogP contribution in [0.3, 0.4) is 0 Å². The first-order valence-electron chi connectivity index (χ1n) is 6.92. The van der Waals surface area contributed by atoms with Crippen molar-refractivity contribution in [2.75, 3.05) is 13.1 Å². The molecular formula is C15H20F3NO. The van der Waals surface area contributed by atoms with Crippen molar-refractivity contribution in [3.63, 3.8) is 0 Å². The van der Waals surface area contributed by atoms with E-state index in [-0.39, 0.29) is 6.10 Å². The third-order valence-electron chi connectivity index (χ3n) is 3.67. The normalized spacial score (nSPS) is 21.2. The van der Waals surface area contributed by atoms with Crippen molar-refractivity contribution in [3.05, 3.63) is 29.8 Å². The third-order valence-corrected chi connectivity index (χ3v) is 3.67. The van der Waals surface area contributed by atoms with Gasteiger partial charge in [-0.3, -0.25) is 0 Å². The van der Waals surface area contributed by atoms with Crippen LogP contribution in [0.5, 0.6) is 5.75 Å². The molecule has 1 aromatic carbocycles. The molecule has 0 spiro atoms. The van der Waals surface area contributed by atoms with E-state index in [9.17, 15) is 13.2 Å². The highest BCUT2D eigenvalue weighted by Gasteiger charge is 2.31. The number of nitrogens with one attached hydrogen (secondary N) is 1. The summed E-state index contributed by atoms with van der Waals surface area (Å²) in [6.07, 6.45) is -3.23. The smallest absolute Gasteiger partial charge is 0.416 e. The number of rotatable bonds is 4. The molecule has 0 saturated carbocycles. The zero-order chi connectivity index (χ0) is 14.8. The molecule has 0 bridgehead atoms. The number of hydrogen-bond acceptors (Lipinski definition) is 2. The minimum atomic E-state index is -4.30. The second-order valence-corrected chi connectivity index (χ2v) is 5.60. The number of hydrogen-bond donors (Lipinski definition) is 1. The molecule has 0 aromatic heterocycles. The molecule has 1 aliphatic rings. The molecule has 1 aromatic rings. The van der Waals surface area contributed by atoms with E-state index in [1.165, 1.54) is 12.1 Å². The third kappa shape index (κ3) is 3.66. The summed E-state index contributed by atoms with van der Waals surface area (Å²) in [7, 11) is 0. The number of benzene rings is 1. The molecule has 2 rings (SSSR count). The fraction of sp³-hybridized carbons (Fsp3) is 0.600. The van der Waals surface area contributed by atoms with Gasteiger partial charge in [-0.1, -0.05) is 13.8 Å². The van der Waals surface area contributed by atoms with E-state index >= 15 is 0 Å². The Hall–Kier alpha value is -1.23. The Bertz CT molecular complexity index is 422. The summed E-state index contributed by atoms with van der Waals surface area (Å²) in [5.74, 6) is 1.24. The summed E-state index contributed by atoms with van der Waals surface area (Å²) in [6.45, 7) is 6.04. The molecule has 2 atom stereocenters. The lowest BCUT2D eigenvalue weighted by Crippen LogP contribution is -2.33. The second-order valence-electron chi connectivity index (χ2n) is 5.60. The van der Waals surface area contributed by atoms with Gasteiger partial charge in [-0.2, -0.15) is 13.2 Å². The van der Waals surface area contributed by atoms with Gasteiger partial charge in [0.2, 0.25) is 0 Å². The van der Waals surface area contributed by atoms with E-state index < -0.39 is 11.7 Å². The zero-order valence-corrected chi connectivity index (χ0v) is 11.7. The van der Waals surface area contributed by atoms with Crippen molar-refractivity contribution in [1.29, 1.82) is 0 Å². The molecule has 1 fully saturated rings. The highest BCUT2D eigenvalue weighted by atomic mass is 19.4. The maximum atomic E-state index is 12.5. The minimum absolute atomic E-state index is 0.0294. The van der Waals surface area contributed by atoms with Crippen LogP contribution in [-0.4, -0.2) is 19.2 Å². The summed E-state index contributed by atoms with van der Waals surface area (Å²) in [6, 6.07) is 4.94. The number of halogens is 3. The molecule has 1 N–H and O–H groups in total. The van der Waals surface area contributed by atoms with E-state index in [2.05, 4.69) is 19.2 Å². The van der Waals surface area contributed by atoms with Crippen LogP contribution in [0.1, 0.15) is 25.8 Å². The Labute approximate surface area is 117 Å². The largest absolute Gasteiger partial charge is 0.490 e. The lowest BCUT2D eigenvalue weighted by atomic mass is 9.92. The van der Waals surface area contributed by atoms with Crippen LogP contribution in [-0.2, 0) is 6.18 Å². The van der Waals surface area contributed by atoms with Gasteiger partial charge >= 0.3 is 6.18 Å². The van der Waals surface area contributed by atoms with E-state index in [0.29, 0.717) is 17.6 Å². The predicted octanol–water partition coefficient (Wildman–Crippen LogP) is 3.72. The van der Waals surface area contributed by atoms with Crippen molar-refractivity contribution in [3.8, 4) is 5.75 Å². The highest BCUT2D eigenvalue weighted by Crippen LogP contribution is 2.31. The van der Waals surface area contributed by atoms with Gasteiger partial charge in [0.05, 0.1) is 5.56 Å². The summed E-state index contributed by atoms with van der Waals surface area (Å²) in [4.78, 5) is 0. The number of ether oxygens (including phenoxy) is 1. The quantitative estimate of drug-likeness (QED) is 0.911. The van der Waals surface area contributed by atoms with Crippen molar-refractivity contribution in [2.24, 2.45) is 11.8 Å². The van der Waals surface area contributed by atoms with Gasteiger partial charge in [0, 0.05) is 12.5 Å². The van der Waals surface area contributed by atoms with Gasteiger partial charge < -0.3 is 10.1 Å². The van der Waals surface area contributed by atoms with Crippen LogP contribution < -0.4 is 10.1 Å². The van der Waals surface area contributed by atoms with Gasteiger partial charge in [0.1, 0.15) is 11.9 Å². The molecule has 112 valence electrons. The first-order valence-corrected chi connectivity index (χ1v) is 6.92. The van der Waals surface area contributed by atoms with Gasteiger partial charge in [0.15, 0.2) is 0 Å². The van der Waals surface area contributed by atoms with E-state index in [1.807, 2.05) is 0 Å². The molecule has 1 aliphatic heterocycles. The molecule has 20 heavy (non-hydrogen) atoms. The van der Waals surface area contributed by atoms with Gasteiger partial charge in [-0.25, -0.2) is 0 Å². The summed E-state index contributed by atoms with van der Waals surface area (Å²) in [5.41, 5.74) is -0.645. The lowest BCUT2D eigenvalue weighted by Gasteiger charge is -2.27. The van der Waals surface area contributed by atoms with E-state index in [4.69, 9.17) is 4.74 Å². The average Bonchev–Trinajstić information content (AvgIpc) is 2.88. The molecule has 2 unspecified atom stereocenters. The lowest BCUT2D eigenvalue weighted by molar-refractivity contribution is -0.137. The fourth-order valence-corrected chi connectivity index (χ4v) is 2.61. The molecule has 0 radical (unpaired) electrons. The van der Waals surface area contributed by atoms with Crippen LogP contribution >= 0.6 is 0 Å². The summed E-state index contributed by atoms with van der Waals surface area (Å²) < 4.78 is 43.4. The molecule has 5 heteroatoms. The SMILES string of the molecule is CC(C)C(Oc1ccc(C(F)(F)F)cc1)C1CCNC1.